The molecule has 1 heterocycles. The first-order chi connectivity index (χ1) is 11.8. The smallest absolute Gasteiger partial charge is 0.182 e. The number of ether oxygens (including phenoxy) is 2. The zero-order valence-corrected chi connectivity index (χ0v) is 14.4. The molecule has 1 aromatic heterocycles. The number of nitrogens with one attached hydrogen (secondary N) is 1. The summed E-state index contributed by atoms with van der Waals surface area (Å²) in [5, 5.41) is 6.15. The van der Waals surface area contributed by atoms with E-state index < -0.39 is 0 Å². The third kappa shape index (κ3) is 4.49. The van der Waals surface area contributed by atoms with Crippen molar-refractivity contribution in [1.29, 1.82) is 0 Å². The molecule has 0 saturated carbocycles. The molecule has 0 atom stereocenters. The van der Waals surface area contributed by atoms with Gasteiger partial charge in [0.2, 0.25) is 0 Å². The van der Waals surface area contributed by atoms with Gasteiger partial charge in [-0.3, -0.25) is 0 Å². The van der Waals surface area contributed by atoms with Crippen LogP contribution in [0.15, 0.2) is 60.1 Å². The number of methoxy groups -OCH3 is 1. The fraction of sp³-hybridized carbons (Fsp3) is 0.211. The highest BCUT2D eigenvalue weighted by Crippen LogP contribution is 2.28. The fourth-order valence-electron chi connectivity index (χ4n) is 2.35. The predicted molar refractivity (Wildman–Crippen MR) is 98.1 cm³/mol. The fourth-order valence-corrected chi connectivity index (χ4v) is 2.88. The zero-order chi connectivity index (χ0) is 16.6. The van der Waals surface area contributed by atoms with Crippen molar-refractivity contribution in [2.45, 2.75) is 13.0 Å². The van der Waals surface area contributed by atoms with Crippen LogP contribution >= 0.6 is 11.3 Å². The average Bonchev–Trinajstić information content (AvgIpc) is 3.15. The number of nitrogens with zero attached hydrogens (tertiary/aromatic N) is 1. The topological polar surface area (TPSA) is 43.4 Å². The highest BCUT2D eigenvalue weighted by molar-refractivity contribution is 7.13. The van der Waals surface area contributed by atoms with Crippen molar-refractivity contribution in [3.63, 3.8) is 0 Å². The molecule has 124 valence electrons. The van der Waals surface area contributed by atoms with Crippen LogP contribution in [0.4, 0.5) is 5.13 Å². The first-order valence-electron chi connectivity index (χ1n) is 7.82. The zero-order valence-electron chi connectivity index (χ0n) is 13.6. The molecular formula is C19H20N2O2S. The molecule has 5 heteroatoms. The molecule has 3 aromatic rings. The first kappa shape index (κ1) is 16.3. The van der Waals surface area contributed by atoms with Crippen molar-refractivity contribution in [2.24, 2.45) is 0 Å². The van der Waals surface area contributed by atoms with E-state index in [0.717, 1.165) is 28.6 Å². The van der Waals surface area contributed by atoms with Crippen molar-refractivity contribution in [3.8, 4) is 11.5 Å². The molecule has 0 saturated heterocycles. The van der Waals surface area contributed by atoms with E-state index in [2.05, 4.69) is 22.4 Å². The summed E-state index contributed by atoms with van der Waals surface area (Å²) in [6.45, 7) is 1.32. The quantitative estimate of drug-likeness (QED) is 0.661. The summed E-state index contributed by atoms with van der Waals surface area (Å²) >= 11 is 1.59. The minimum atomic E-state index is 0.622. The largest absolute Gasteiger partial charge is 0.493 e. The van der Waals surface area contributed by atoms with E-state index in [-0.39, 0.29) is 0 Å². The minimum Gasteiger partial charge on any atom is -0.493 e. The second kappa shape index (κ2) is 8.36. The Morgan fingerprint density at radius 2 is 1.92 bits per heavy atom. The molecular weight excluding hydrogens is 320 g/mol. The molecule has 1 N–H and O–H groups in total. The number of thiazole rings is 1. The lowest BCUT2D eigenvalue weighted by Gasteiger charge is -2.12. The van der Waals surface area contributed by atoms with E-state index in [1.54, 1.807) is 24.6 Å². The van der Waals surface area contributed by atoms with Gasteiger partial charge in [0, 0.05) is 24.5 Å². The van der Waals surface area contributed by atoms with Crippen LogP contribution in [0.1, 0.15) is 11.1 Å². The normalized spacial score (nSPS) is 10.4. The SMILES string of the molecule is COc1cc(CNc2nccs2)ccc1OCCc1ccccc1. The van der Waals surface area contributed by atoms with Crippen LogP contribution in [0.5, 0.6) is 11.5 Å². The van der Waals surface area contributed by atoms with Crippen LogP contribution in [-0.2, 0) is 13.0 Å². The summed E-state index contributed by atoms with van der Waals surface area (Å²) < 4.78 is 11.3. The standard InChI is InChI=1S/C19H20N2O2S/c1-22-18-13-16(14-21-19-20-10-12-24-19)7-8-17(18)23-11-9-15-5-3-2-4-6-15/h2-8,10,12-13H,9,11,14H2,1H3,(H,20,21). The minimum absolute atomic E-state index is 0.622. The van der Waals surface area contributed by atoms with E-state index in [1.807, 2.05) is 41.8 Å². The van der Waals surface area contributed by atoms with Crippen molar-refractivity contribution in [2.75, 3.05) is 19.0 Å². The van der Waals surface area contributed by atoms with Crippen LogP contribution in [0, 0.1) is 0 Å². The number of hydrogen-bond donors (Lipinski definition) is 1. The van der Waals surface area contributed by atoms with Gasteiger partial charge in [-0.15, -0.1) is 11.3 Å². The number of benzene rings is 2. The summed E-state index contributed by atoms with van der Waals surface area (Å²) in [6.07, 6.45) is 2.66. The molecule has 0 bridgehead atoms. The second-order valence-electron chi connectivity index (χ2n) is 5.26. The Morgan fingerprint density at radius 1 is 1.04 bits per heavy atom. The molecule has 2 aromatic carbocycles. The highest BCUT2D eigenvalue weighted by Gasteiger charge is 2.06. The van der Waals surface area contributed by atoms with Crippen molar-refractivity contribution in [3.05, 3.63) is 71.2 Å². The van der Waals surface area contributed by atoms with Crippen molar-refractivity contribution < 1.29 is 9.47 Å². The predicted octanol–water partition coefficient (Wildman–Crippen LogP) is 4.39. The second-order valence-corrected chi connectivity index (χ2v) is 6.15. The van der Waals surface area contributed by atoms with Gasteiger partial charge in [-0.25, -0.2) is 4.98 Å². The lowest BCUT2D eigenvalue weighted by atomic mass is 10.1. The Bertz CT molecular complexity index is 745. The van der Waals surface area contributed by atoms with E-state index >= 15 is 0 Å². The molecule has 24 heavy (non-hydrogen) atoms. The monoisotopic (exact) mass is 340 g/mol. The van der Waals surface area contributed by atoms with Crippen LogP contribution in [0.25, 0.3) is 0 Å². The van der Waals surface area contributed by atoms with Gasteiger partial charge in [0.05, 0.1) is 13.7 Å². The average molecular weight is 340 g/mol. The molecule has 0 spiro atoms. The van der Waals surface area contributed by atoms with Crippen molar-refractivity contribution >= 4 is 16.5 Å². The Labute approximate surface area is 146 Å². The molecule has 0 aliphatic heterocycles. The maximum atomic E-state index is 5.88. The Kier molecular flexibility index (Phi) is 5.69. The molecule has 3 rings (SSSR count). The maximum absolute atomic E-state index is 5.88. The van der Waals surface area contributed by atoms with E-state index in [4.69, 9.17) is 9.47 Å². The Hall–Kier alpha value is -2.53. The maximum Gasteiger partial charge on any atom is 0.182 e. The molecule has 0 radical (unpaired) electrons. The van der Waals surface area contributed by atoms with Gasteiger partial charge in [0.1, 0.15) is 0 Å². The summed E-state index contributed by atoms with van der Waals surface area (Å²) in [6, 6.07) is 16.3. The van der Waals surface area contributed by atoms with Gasteiger partial charge < -0.3 is 14.8 Å². The molecule has 0 aliphatic rings. The first-order valence-corrected chi connectivity index (χ1v) is 8.70. The van der Waals surface area contributed by atoms with Crippen LogP contribution in [0.3, 0.4) is 0 Å². The van der Waals surface area contributed by atoms with Gasteiger partial charge in [-0.1, -0.05) is 36.4 Å². The Morgan fingerprint density at radius 3 is 2.67 bits per heavy atom. The van der Waals surface area contributed by atoms with Gasteiger partial charge in [-0.2, -0.15) is 0 Å². The molecule has 0 amide bonds. The molecule has 0 aliphatic carbocycles. The van der Waals surface area contributed by atoms with E-state index in [0.29, 0.717) is 13.2 Å². The third-order valence-electron chi connectivity index (χ3n) is 3.60. The van der Waals surface area contributed by atoms with Crippen LogP contribution < -0.4 is 14.8 Å². The van der Waals surface area contributed by atoms with Crippen LogP contribution in [0.2, 0.25) is 0 Å². The lowest BCUT2D eigenvalue weighted by Crippen LogP contribution is -2.04. The van der Waals surface area contributed by atoms with Gasteiger partial charge >= 0.3 is 0 Å². The highest BCUT2D eigenvalue weighted by atomic mass is 32.1. The summed E-state index contributed by atoms with van der Waals surface area (Å²) in [4.78, 5) is 4.21. The number of anilines is 1. The summed E-state index contributed by atoms with van der Waals surface area (Å²) in [7, 11) is 1.66. The summed E-state index contributed by atoms with van der Waals surface area (Å²) in [5.74, 6) is 1.52. The number of rotatable bonds is 8. The summed E-state index contributed by atoms with van der Waals surface area (Å²) in [5.41, 5.74) is 2.39. The van der Waals surface area contributed by atoms with E-state index in [9.17, 15) is 0 Å². The Balaban J connectivity index is 1.57. The number of hydrogen-bond acceptors (Lipinski definition) is 5. The van der Waals surface area contributed by atoms with E-state index in [1.165, 1.54) is 5.56 Å². The number of aromatic nitrogens is 1. The van der Waals surface area contributed by atoms with Crippen LogP contribution in [-0.4, -0.2) is 18.7 Å². The van der Waals surface area contributed by atoms with Crippen molar-refractivity contribution in [1.82, 2.24) is 4.98 Å². The molecule has 0 fully saturated rings. The molecule has 0 unspecified atom stereocenters. The molecule has 4 nitrogen and oxygen atoms in total. The van der Waals surface area contributed by atoms with Gasteiger partial charge in [-0.05, 0) is 23.3 Å². The lowest BCUT2D eigenvalue weighted by molar-refractivity contribution is 0.297. The van der Waals surface area contributed by atoms with Gasteiger partial charge in [0.15, 0.2) is 16.6 Å². The van der Waals surface area contributed by atoms with Gasteiger partial charge in [0.25, 0.3) is 0 Å². The third-order valence-corrected chi connectivity index (χ3v) is 4.33.